The lowest BCUT2D eigenvalue weighted by Gasteiger charge is -2.19. The SMILES string of the molecule is Cc1c(C)c(C)c(S(=O)(=O)NCCC(=O)NCC2CCCO2)c(C)c1C. The van der Waals surface area contributed by atoms with Crippen LogP contribution in [0, 0.1) is 34.6 Å². The molecule has 1 heterocycles. The van der Waals surface area contributed by atoms with Crippen molar-refractivity contribution in [2.45, 2.75) is 64.9 Å². The van der Waals surface area contributed by atoms with Crippen molar-refractivity contribution in [2.75, 3.05) is 19.7 Å². The Labute approximate surface area is 156 Å². The summed E-state index contributed by atoms with van der Waals surface area (Å²) in [5.74, 6) is -0.173. The molecule has 0 saturated carbocycles. The average Bonchev–Trinajstić information content (AvgIpc) is 3.09. The molecule has 1 aromatic rings. The number of hydrogen-bond donors (Lipinski definition) is 2. The van der Waals surface area contributed by atoms with E-state index in [1.54, 1.807) is 0 Å². The Morgan fingerprint density at radius 3 is 2.15 bits per heavy atom. The Bertz CT molecular complexity index is 752. The summed E-state index contributed by atoms with van der Waals surface area (Å²) in [6.07, 6.45) is 2.17. The molecule has 1 fully saturated rings. The van der Waals surface area contributed by atoms with Gasteiger partial charge in [0, 0.05) is 26.1 Å². The molecule has 146 valence electrons. The molecule has 1 aliphatic rings. The number of nitrogens with one attached hydrogen (secondary N) is 2. The summed E-state index contributed by atoms with van der Waals surface area (Å²) in [7, 11) is -3.66. The van der Waals surface area contributed by atoms with Gasteiger partial charge in [0.1, 0.15) is 0 Å². The second kappa shape index (κ2) is 8.50. The van der Waals surface area contributed by atoms with Crippen LogP contribution in [-0.2, 0) is 19.6 Å². The molecule has 1 atom stereocenters. The van der Waals surface area contributed by atoms with E-state index in [1.165, 1.54) is 0 Å². The number of ether oxygens (including phenoxy) is 1. The first kappa shape index (κ1) is 20.9. The van der Waals surface area contributed by atoms with Crippen LogP contribution in [0.1, 0.15) is 47.1 Å². The summed E-state index contributed by atoms with van der Waals surface area (Å²) < 4.78 is 33.6. The monoisotopic (exact) mass is 382 g/mol. The average molecular weight is 383 g/mol. The van der Waals surface area contributed by atoms with Gasteiger partial charge in [-0.05, 0) is 75.3 Å². The molecule has 1 aromatic carbocycles. The van der Waals surface area contributed by atoms with E-state index >= 15 is 0 Å². The van der Waals surface area contributed by atoms with Gasteiger partial charge in [0.05, 0.1) is 11.0 Å². The van der Waals surface area contributed by atoms with E-state index in [2.05, 4.69) is 10.0 Å². The fourth-order valence-corrected chi connectivity index (χ4v) is 4.99. The lowest BCUT2D eigenvalue weighted by Crippen LogP contribution is -2.35. The van der Waals surface area contributed by atoms with Crippen molar-refractivity contribution >= 4 is 15.9 Å². The Balaban J connectivity index is 1.98. The molecule has 1 unspecified atom stereocenters. The number of hydrogen-bond acceptors (Lipinski definition) is 4. The Morgan fingerprint density at radius 1 is 1.04 bits per heavy atom. The van der Waals surface area contributed by atoms with E-state index in [0.29, 0.717) is 11.4 Å². The van der Waals surface area contributed by atoms with Gasteiger partial charge in [-0.3, -0.25) is 4.79 Å². The maximum Gasteiger partial charge on any atom is 0.241 e. The summed E-state index contributed by atoms with van der Waals surface area (Å²) in [5, 5.41) is 2.80. The largest absolute Gasteiger partial charge is 0.376 e. The molecule has 6 nitrogen and oxygen atoms in total. The van der Waals surface area contributed by atoms with E-state index < -0.39 is 10.0 Å². The predicted molar refractivity (Wildman–Crippen MR) is 102 cm³/mol. The fraction of sp³-hybridized carbons (Fsp3) is 0.632. The zero-order valence-corrected chi connectivity index (χ0v) is 17.2. The Morgan fingerprint density at radius 2 is 1.62 bits per heavy atom. The second-order valence-electron chi connectivity index (χ2n) is 7.04. The molecule has 1 aliphatic heterocycles. The van der Waals surface area contributed by atoms with Gasteiger partial charge in [0.2, 0.25) is 15.9 Å². The van der Waals surface area contributed by atoms with Gasteiger partial charge in [-0.15, -0.1) is 0 Å². The molecular formula is C19H30N2O4S. The highest BCUT2D eigenvalue weighted by atomic mass is 32.2. The van der Waals surface area contributed by atoms with E-state index in [0.717, 1.165) is 47.3 Å². The zero-order chi connectivity index (χ0) is 19.5. The standard InChI is InChI=1S/C19H30N2O4S/c1-12-13(2)15(4)19(16(5)14(12)3)26(23,24)21-9-8-18(22)20-11-17-7-6-10-25-17/h17,21H,6-11H2,1-5H3,(H,20,22). The second-order valence-corrected chi connectivity index (χ2v) is 8.74. The van der Waals surface area contributed by atoms with Gasteiger partial charge >= 0.3 is 0 Å². The third-order valence-electron chi connectivity index (χ3n) is 5.39. The maximum atomic E-state index is 12.8. The van der Waals surface area contributed by atoms with E-state index in [-0.39, 0.29) is 25.0 Å². The number of amides is 1. The van der Waals surface area contributed by atoms with Crippen molar-refractivity contribution in [1.82, 2.24) is 10.0 Å². The van der Waals surface area contributed by atoms with Crippen LogP contribution in [-0.4, -0.2) is 40.1 Å². The van der Waals surface area contributed by atoms with Crippen LogP contribution >= 0.6 is 0 Å². The van der Waals surface area contributed by atoms with Crippen LogP contribution < -0.4 is 10.0 Å². The van der Waals surface area contributed by atoms with E-state index in [4.69, 9.17) is 4.74 Å². The number of rotatable bonds is 7. The van der Waals surface area contributed by atoms with Crippen LogP contribution in [0.15, 0.2) is 4.90 Å². The van der Waals surface area contributed by atoms with Crippen LogP contribution in [0.25, 0.3) is 0 Å². The minimum atomic E-state index is -3.66. The molecule has 2 rings (SSSR count). The van der Waals surface area contributed by atoms with Crippen molar-refractivity contribution in [3.05, 3.63) is 27.8 Å². The molecular weight excluding hydrogens is 352 g/mol. The Hall–Kier alpha value is -1.44. The number of sulfonamides is 1. The lowest BCUT2D eigenvalue weighted by atomic mass is 9.95. The Kier molecular flexibility index (Phi) is 6.82. The summed E-state index contributed by atoms with van der Waals surface area (Å²) in [6, 6.07) is 0. The number of carbonyl (C=O) groups excluding carboxylic acids is 1. The summed E-state index contributed by atoms with van der Waals surface area (Å²) >= 11 is 0. The van der Waals surface area contributed by atoms with Crippen molar-refractivity contribution < 1.29 is 17.9 Å². The van der Waals surface area contributed by atoms with Crippen molar-refractivity contribution in [3.63, 3.8) is 0 Å². The highest BCUT2D eigenvalue weighted by Crippen LogP contribution is 2.29. The fourth-order valence-electron chi connectivity index (χ4n) is 3.36. The van der Waals surface area contributed by atoms with Gasteiger partial charge in [-0.25, -0.2) is 13.1 Å². The quantitative estimate of drug-likeness (QED) is 0.757. The van der Waals surface area contributed by atoms with E-state index in [9.17, 15) is 13.2 Å². The highest BCUT2D eigenvalue weighted by Gasteiger charge is 2.23. The minimum absolute atomic E-state index is 0.0740. The zero-order valence-electron chi connectivity index (χ0n) is 16.4. The van der Waals surface area contributed by atoms with E-state index in [1.807, 2.05) is 34.6 Å². The number of benzene rings is 1. The molecule has 26 heavy (non-hydrogen) atoms. The first-order chi connectivity index (χ1) is 12.1. The van der Waals surface area contributed by atoms with Gasteiger partial charge in [-0.2, -0.15) is 0 Å². The van der Waals surface area contributed by atoms with Gasteiger partial charge in [-0.1, -0.05) is 0 Å². The van der Waals surface area contributed by atoms with Crippen LogP contribution in [0.4, 0.5) is 0 Å². The summed E-state index contributed by atoms with van der Waals surface area (Å²) in [4.78, 5) is 12.2. The molecule has 0 radical (unpaired) electrons. The normalized spacial score (nSPS) is 17.5. The topological polar surface area (TPSA) is 84.5 Å². The van der Waals surface area contributed by atoms with Gasteiger partial charge in [0.25, 0.3) is 0 Å². The first-order valence-corrected chi connectivity index (χ1v) is 10.6. The predicted octanol–water partition coefficient (Wildman–Crippen LogP) is 2.19. The summed E-state index contributed by atoms with van der Waals surface area (Å²) in [5.41, 5.74) is 4.62. The van der Waals surface area contributed by atoms with Crippen LogP contribution in [0.2, 0.25) is 0 Å². The molecule has 1 saturated heterocycles. The van der Waals surface area contributed by atoms with Crippen LogP contribution in [0.3, 0.4) is 0 Å². The van der Waals surface area contributed by atoms with Gasteiger partial charge < -0.3 is 10.1 Å². The molecule has 0 spiro atoms. The first-order valence-electron chi connectivity index (χ1n) is 9.10. The van der Waals surface area contributed by atoms with Crippen LogP contribution in [0.5, 0.6) is 0 Å². The third-order valence-corrected chi connectivity index (χ3v) is 7.13. The smallest absolute Gasteiger partial charge is 0.241 e. The molecule has 7 heteroatoms. The van der Waals surface area contributed by atoms with Crippen molar-refractivity contribution in [2.24, 2.45) is 0 Å². The third kappa shape index (κ3) is 4.64. The molecule has 2 N–H and O–H groups in total. The molecule has 0 aromatic heterocycles. The minimum Gasteiger partial charge on any atom is -0.376 e. The number of carbonyl (C=O) groups is 1. The van der Waals surface area contributed by atoms with Crippen molar-refractivity contribution in [1.29, 1.82) is 0 Å². The maximum absolute atomic E-state index is 12.8. The molecule has 0 aliphatic carbocycles. The molecule has 0 bridgehead atoms. The molecule has 1 amide bonds. The van der Waals surface area contributed by atoms with Crippen molar-refractivity contribution in [3.8, 4) is 0 Å². The highest BCUT2D eigenvalue weighted by molar-refractivity contribution is 7.89. The lowest BCUT2D eigenvalue weighted by molar-refractivity contribution is -0.121. The summed E-state index contributed by atoms with van der Waals surface area (Å²) in [6.45, 7) is 10.9. The van der Waals surface area contributed by atoms with Gasteiger partial charge in [0.15, 0.2) is 0 Å².